The van der Waals surface area contributed by atoms with Crippen molar-refractivity contribution in [2.24, 2.45) is 0 Å². The van der Waals surface area contributed by atoms with Crippen LogP contribution in [0, 0.1) is 6.92 Å². The van der Waals surface area contributed by atoms with E-state index in [4.69, 9.17) is 9.84 Å². The van der Waals surface area contributed by atoms with Gasteiger partial charge in [-0.25, -0.2) is 4.79 Å². The molecule has 24 heavy (non-hydrogen) atoms. The molecule has 6 N–H and O–H groups in total. The van der Waals surface area contributed by atoms with Gasteiger partial charge in [0.25, 0.3) is 5.91 Å². The molecule has 5 atom stereocenters. The van der Waals surface area contributed by atoms with E-state index in [0.717, 1.165) is 5.56 Å². The zero-order chi connectivity index (χ0) is 17.9. The van der Waals surface area contributed by atoms with E-state index in [1.807, 2.05) is 6.92 Å². The Morgan fingerprint density at radius 2 is 1.71 bits per heavy atom. The molecule has 0 saturated carbocycles. The average Bonchev–Trinajstić information content (AvgIpc) is 2.55. The lowest BCUT2D eigenvalue weighted by Crippen LogP contribution is -2.64. The van der Waals surface area contributed by atoms with Crippen LogP contribution in [0.15, 0.2) is 24.3 Å². The van der Waals surface area contributed by atoms with E-state index >= 15 is 0 Å². The van der Waals surface area contributed by atoms with Crippen molar-refractivity contribution in [2.75, 3.05) is 6.61 Å². The van der Waals surface area contributed by atoms with Crippen LogP contribution < -0.4 is 10.6 Å². The molecular weight excluding hydrogens is 320 g/mol. The van der Waals surface area contributed by atoms with Crippen LogP contribution in [-0.2, 0) is 4.74 Å². The van der Waals surface area contributed by atoms with Gasteiger partial charge < -0.3 is 30.5 Å². The first kappa shape index (κ1) is 18.3. The molecule has 1 heterocycles. The van der Waals surface area contributed by atoms with Gasteiger partial charge in [0.2, 0.25) is 0 Å². The van der Waals surface area contributed by atoms with Gasteiger partial charge in [-0.05, 0) is 19.1 Å². The smallest absolute Gasteiger partial charge is 0.323 e. The largest absolute Gasteiger partial charge is 0.394 e. The van der Waals surface area contributed by atoms with Crippen LogP contribution in [0.3, 0.4) is 0 Å². The summed E-state index contributed by atoms with van der Waals surface area (Å²) in [5.41, 5.74) is 1.22. The van der Waals surface area contributed by atoms with Crippen molar-refractivity contribution >= 4 is 11.9 Å². The summed E-state index contributed by atoms with van der Waals surface area (Å²) in [4.78, 5) is 23.8. The third-order valence-electron chi connectivity index (χ3n) is 3.71. The van der Waals surface area contributed by atoms with E-state index in [9.17, 15) is 24.9 Å². The predicted octanol–water partition coefficient (Wildman–Crippen LogP) is -1.77. The lowest BCUT2D eigenvalue weighted by atomic mass is 9.98. The zero-order valence-corrected chi connectivity index (χ0v) is 12.9. The van der Waals surface area contributed by atoms with Crippen LogP contribution in [0.5, 0.6) is 0 Å². The first-order valence-corrected chi connectivity index (χ1v) is 7.32. The van der Waals surface area contributed by atoms with Gasteiger partial charge in [-0.15, -0.1) is 0 Å². The Morgan fingerprint density at radius 1 is 1.08 bits per heavy atom. The van der Waals surface area contributed by atoms with Gasteiger partial charge in [0.1, 0.15) is 24.4 Å². The minimum absolute atomic E-state index is 0.268. The number of imide groups is 1. The van der Waals surface area contributed by atoms with Crippen molar-refractivity contribution in [1.29, 1.82) is 0 Å². The fraction of sp³-hybridized carbons (Fsp3) is 0.467. The van der Waals surface area contributed by atoms with Crippen molar-refractivity contribution in [1.82, 2.24) is 10.6 Å². The van der Waals surface area contributed by atoms with Crippen LogP contribution in [0.4, 0.5) is 4.79 Å². The molecule has 2 rings (SSSR count). The van der Waals surface area contributed by atoms with Crippen LogP contribution in [-0.4, -0.2) is 69.6 Å². The number of urea groups is 1. The highest BCUT2D eigenvalue weighted by atomic mass is 16.6. The quantitative estimate of drug-likeness (QED) is 0.381. The summed E-state index contributed by atoms with van der Waals surface area (Å²) < 4.78 is 5.11. The topological polar surface area (TPSA) is 148 Å². The molecule has 1 aromatic carbocycles. The number of hydrogen-bond donors (Lipinski definition) is 6. The third-order valence-corrected chi connectivity index (χ3v) is 3.71. The number of carbonyl (C=O) groups is 2. The van der Waals surface area contributed by atoms with E-state index in [1.165, 1.54) is 0 Å². The van der Waals surface area contributed by atoms with Crippen molar-refractivity contribution in [3.63, 3.8) is 0 Å². The first-order valence-electron chi connectivity index (χ1n) is 7.32. The summed E-state index contributed by atoms with van der Waals surface area (Å²) in [5, 5.41) is 42.4. The van der Waals surface area contributed by atoms with Gasteiger partial charge >= 0.3 is 6.03 Å². The number of carbonyl (C=O) groups excluding carboxylic acids is 2. The number of hydrogen-bond acceptors (Lipinski definition) is 7. The van der Waals surface area contributed by atoms with Gasteiger partial charge in [0, 0.05) is 5.56 Å². The maximum absolute atomic E-state index is 11.9. The van der Waals surface area contributed by atoms with E-state index in [-0.39, 0.29) is 5.56 Å². The Hall–Kier alpha value is -2.04. The normalized spacial score (nSPS) is 29.8. The molecule has 0 unspecified atom stereocenters. The van der Waals surface area contributed by atoms with Crippen molar-refractivity contribution < 1.29 is 34.8 Å². The Morgan fingerprint density at radius 3 is 2.29 bits per heavy atom. The Labute approximate surface area is 137 Å². The average molecular weight is 340 g/mol. The number of rotatable bonds is 3. The van der Waals surface area contributed by atoms with E-state index < -0.39 is 49.2 Å². The number of aliphatic hydroxyl groups excluding tert-OH is 4. The Bertz CT molecular complexity index is 590. The van der Waals surface area contributed by atoms with E-state index in [2.05, 4.69) is 10.6 Å². The van der Waals surface area contributed by atoms with Gasteiger partial charge in [-0.3, -0.25) is 10.1 Å². The van der Waals surface area contributed by atoms with E-state index in [0.29, 0.717) is 0 Å². The summed E-state index contributed by atoms with van der Waals surface area (Å²) in [6.45, 7) is 1.24. The van der Waals surface area contributed by atoms with E-state index in [1.54, 1.807) is 24.3 Å². The second-order valence-corrected chi connectivity index (χ2v) is 5.54. The maximum atomic E-state index is 11.9. The summed E-state index contributed by atoms with van der Waals surface area (Å²) in [5.74, 6) is -0.655. The third kappa shape index (κ3) is 4.08. The highest BCUT2D eigenvalue weighted by molar-refractivity contribution is 6.04. The van der Waals surface area contributed by atoms with Crippen LogP contribution >= 0.6 is 0 Å². The Balaban J connectivity index is 1.96. The molecular formula is C15H20N2O7. The molecule has 9 nitrogen and oxygen atoms in total. The molecule has 0 spiro atoms. The number of ether oxygens (including phenoxy) is 1. The highest BCUT2D eigenvalue weighted by Gasteiger charge is 2.44. The first-order chi connectivity index (χ1) is 11.3. The summed E-state index contributed by atoms with van der Waals surface area (Å²) in [7, 11) is 0. The minimum atomic E-state index is -1.62. The highest BCUT2D eigenvalue weighted by Crippen LogP contribution is 2.19. The second kappa shape index (κ2) is 7.69. The summed E-state index contributed by atoms with van der Waals surface area (Å²) in [6, 6.07) is 5.57. The van der Waals surface area contributed by atoms with Crippen LogP contribution in [0.25, 0.3) is 0 Å². The van der Waals surface area contributed by atoms with Crippen molar-refractivity contribution in [3.8, 4) is 0 Å². The molecule has 1 aliphatic heterocycles. The van der Waals surface area contributed by atoms with Crippen LogP contribution in [0.1, 0.15) is 15.9 Å². The fourth-order valence-electron chi connectivity index (χ4n) is 2.27. The molecule has 3 amide bonds. The predicted molar refractivity (Wildman–Crippen MR) is 80.9 cm³/mol. The fourth-order valence-corrected chi connectivity index (χ4v) is 2.27. The number of nitrogens with one attached hydrogen (secondary N) is 2. The molecule has 1 fully saturated rings. The molecule has 0 radical (unpaired) electrons. The van der Waals surface area contributed by atoms with Crippen molar-refractivity contribution in [2.45, 2.75) is 37.6 Å². The van der Waals surface area contributed by atoms with Gasteiger partial charge in [0.15, 0.2) is 6.23 Å². The Kier molecular flexibility index (Phi) is 5.86. The van der Waals surface area contributed by atoms with Crippen molar-refractivity contribution in [3.05, 3.63) is 35.4 Å². The molecule has 0 bridgehead atoms. The number of aryl methyl sites for hydroxylation is 1. The lowest BCUT2D eigenvalue weighted by Gasteiger charge is -2.39. The summed E-state index contributed by atoms with van der Waals surface area (Å²) in [6.07, 6.45) is -7.31. The van der Waals surface area contributed by atoms with Gasteiger partial charge in [-0.2, -0.15) is 0 Å². The number of benzene rings is 1. The lowest BCUT2D eigenvalue weighted by molar-refractivity contribution is -0.233. The standard InChI is InChI=1S/C15H20N2O7/c1-7-2-4-8(5-3-7)13(22)16-15(23)17-14-12(21)11(20)10(19)9(6-18)24-14/h2-5,9-12,14,18-21H,6H2,1H3,(H2,16,17,22,23)/t9-,10-,11+,12-,14-/m1/s1. The monoisotopic (exact) mass is 340 g/mol. The van der Waals surface area contributed by atoms with Gasteiger partial charge in [0.05, 0.1) is 6.61 Å². The molecule has 1 aromatic rings. The molecule has 0 aromatic heterocycles. The SMILES string of the molecule is Cc1ccc(C(=O)NC(=O)N[C@@H]2O[C@H](CO)[C@@H](O)[C@H](O)[C@H]2O)cc1. The number of aliphatic hydroxyl groups is 4. The molecule has 132 valence electrons. The summed E-state index contributed by atoms with van der Waals surface area (Å²) >= 11 is 0. The molecule has 1 aliphatic rings. The maximum Gasteiger partial charge on any atom is 0.323 e. The zero-order valence-electron chi connectivity index (χ0n) is 12.9. The van der Waals surface area contributed by atoms with Crippen LogP contribution in [0.2, 0.25) is 0 Å². The molecule has 0 aliphatic carbocycles. The van der Waals surface area contributed by atoms with Gasteiger partial charge in [-0.1, -0.05) is 17.7 Å². The second-order valence-electron chi connectivity index (χ2n) is 5.54. The molecule has 9 heteroatoms. The molecule has 1 saturated heterocycles. The minimum Gasteiger partial charge on any atom is -0.394 e. The number of amides is 3.